The number of carbonyl (C=O) groups is 3. The predicted octanol–water partition coefficient (Wildman–Crippen LogP) is 21.7. The Morgan fingerprint density at radius 1 is 0.270 bits per heavy atom. The fourth-order valence-corrected chi connectivity index (χ4v) is 9.06. The highest BCUT2D eigenvalue weighted by atomic mass is 16.6. The minimum Gasteiger partial charge on any atom is -0.462 e. The van der Waals surface area contributed by atoms with Gasteiger partial charge >= 0.3 is 17.9 Å². The van der Waals surface area contributed by atoms with Gasteiger partial charge in [0.05, 0.1) is 0 Å². The molecule has 74 heavy (non-hydrogen) atoms. The van der Waals surface area contributed by atoms with Gasteiger partial charge in [0.15, 0.2) is 6.10 Å². The summed E-state index contributed by atoms with van der Waals surface area (Å²) in [4.78, 5) is 38.3. The van der Waals surface area contributed by atoms with Crippen molar-refractivity contribution in [2.24, 2.45) is 0 Å². The van der Waals surface area contributed by atoms with Crippen molar-refractivity contribution in [1.82, 2.24) is 0 Å². The highest BCUT2D eigenvalue weighted by Crippen LogP contribution is 2.16. The molecule has 0 aliphatic heterocycles. The molecular weight excluding hydrogens is 913 g/mol. The van der Waals surface area contributed by atoms with Gasteiger partial charge in [0.2, 0.25) is 0 Å². The first-order chi connectivity index (χ1) is 36.5. The van der Waals surface area contributed by atoms with Gasteiger partial charge in [0.25, 0.3) is 0 Å². The third-order valence-corrected chi connectivity index (χ3v) is 13.9. The van der Waals surface area contributed by atoms with Crippen LogP contribution in [0.1, 0.15) is 323 Å². The van der Waals surface area contributed by atoms with Crippen molar-refractivity contribution in [3.63, 3.8) is 0 Å². The van der Waals surface area contributed by atoms with E-state index in [1.807, 2.05) is 0 Å². The number of allylic oxidation sites excluding steroid dienone is 12. The molecule has 0 aliphatic rings. The van der Waals surface area contributed by atoms with Crippen molar-refractivity contribution >= 4 is 17.9 Å². The van der Waals surface area contributed by atoms with Crippen LogP contribution < -0.4 is 0 Å². The van der Waals surface area contributed by atoms with E-state index >= 15 is 0 Å². The van der Waals surface area contributed by atoms with Gasteiger partial charge in [0.1, 0.15) is 13.2 Å². The van der Waals surface area contributed by atoms with Crippen LogP contribution in [0.25, 0.3) is 0 Å². The smallest absolute Gasteiger partial charge is 0.306 e. The van der Waals surface area contributed by atoms with E-state index < -0.39 is 6.10 Å². The number of carbonyl (C=O) groups excluding carboxylic acids is 3. The lowest BCUT2D eigenvalue weighted by atomic mass is 10.1. The average molecular weight is 1030 g/mol. The average Bonchev–Trinajstić information content (AvgIpc) is 3.40. The molecule has 0 aromatic heterocycles. The van der Waals surface area contributed by atoms with Gasteiger partial charge in [-0.1, -0.05) is 261 Å². The maximum Gasteiger partial charge on any atom is 0.306 e. The molecule has 0 saturated heterocycles. The highest BCUT2D eigenvalue weighted by Gasteiger charge is 2.19. The van der Waals surface area contributed by atoms with Gasteiger partial charge in [0, 0.05) is 19.3 Å². The summed E-state index contributed by atoms with van der Waals surface area (Å²) >= 11 is 0. The maximum absolute atomic E-state index is 12.9. The van der Waals surface area contributed by atoms with Crippen LogP contribution >= 0.6 is 0 Å². The Labute approximate surface area is 459 Å². The third-order valence-electron chi connectivity index (χ3n) is 13.9. The lowest BCUT2D eigenvalue weighted by molar-refractivity contribution is -0.167. The SMILES string of the molecule is CCCCC/C=C\C/C=C\CCCCCCCCCCCC(=O)OCC(COC(=O)CCCCCCCCC/C=C\C/C=C\CCCCCC)OC(=O)CCCCCCCCCCC/C=C\C/C=C\CCCCC. The summed E-state index contributed by atoms with van der Waals surface area (Å²) in [5.74, 6) is -0.882. The second-order valence-electron chi connectivity index (χ2n) is 21.3. The quantitative estimate of drug-likeness (QED) is 0.0261. The topological polar surface area (TPSA) is 78.9 Å². The molecule has 0 fully saturated rings. The Hall–Kier alpha value is -3.15. The number of ether oxygens (including phenoxy) is 3. The molecule has 1 unspecified atom stereocenters. The molecule has 0 aromatic carbocycles. The normalized spacial score (nSPS) is 12.5. The van der Waals surface area contributed by atoms with Crippen LogP contribution in [0.5, 0.6) is 0 Å². The Balaban J connectivity index is 4.39. The van der Waals surface area contributed by atoms with E-state index in [2.05, 4.69) is 93.7 Å². The van der Waals surface area contributed by atoms with Crippen LogP contribution in [0.15, 0.2) is 72.9 Å². The summed E-state index contributed by atoms with van der Waals surface area (Å²) in [5, 5.41) is 0. The first-order valence-electron chi connectivity index (χ1n) is 31.9. The zero-order chi connectivity index (χ0) is 53.6. The first kappa shape index (κ1) is 70.8. The maximum atomic E-state index is 12.9. The number of hydrogen-bond donors (Lipinski definition) is 0. The lowest BCUT2D eigenvalue weighted by Gasteiger charge is -2.18. The van der Waals surface area contributed by atoms with Gasteiger partial charge in [-0.05, 0) is 116 Å². The Morgan fingerprint density at radius 3 is 0.770 bits per heavy atom. The Kier molecular flexibility index (Phi) is 59.7. The van der Waals surface area contributed by atoms with E-state index in [1.165, 1.54) is 199 Å². The molecular formula is C68H120O6. The van der Waals surface area contributed by atoms with Crippen LogP contribution in [0.4, 0.5) is 0 Å². The number of hydrogen-bond acceptors (Lipinski definition) is 6. The Bertz CT molecular complexity index is 1370. The fourth-order valence-electron chi connectivity index (χ4n) is 9.06. The molecule has 0 heterocycles. The molecule has 0 aromatic rings. The van der Waals surface area contributed by atoms with Crippen LogP contribution in [0.2, 0.25) is 0 Å². The van der Waals surface area contributed by atoms with Gasteiger partial charge in [-0.3, -0.25) is 14.4 Å². The molecule has 0 aliphatic carbocycles. The summed E-state index contributed by atoms with van der Waals surface area (Å²) < 4.78 is 16.9. The van der Waals surface area contributed by atoms with E-state index in [9.17, 15) is 14.4 Å². The molecule has 0 N–H and O–H groups in total. The van der Waals surface area contributed by atoms with Gasteiger partial charge < -0.3 is 14.2 Å². The molecule has 6 nitrogen and oxygen atoms in total. The highest BCUT2D eigenvalue weighted by molar-refractivity contribution is 5.71. The van der Waals surface area contributed by atoms with Crippen molar-refractivity contribution in [1.29, 1.82) is 0 Å². The summed E-state index contributed by atoms with van der Waals surface area (Å²) in [6.07, 6.45) is 80.3. The van der Waals surface area contributed by atoms with E-state index in [4.69, 9.17) is 14.2 Å². The van der Waals surface area contributed by atoms with E-state index in [0.717, 1.165) is 83.5 Å². The standard InChI is InChI=1S/C68H120O6/c1-4-7-10-13-16-19-22-25-28-31-34-37-40-43-46-49-52-55-58-61-67(70)73-64-65(63-72-66(69)60-57-54-51-48-45-42-39-36-33-30-27-24-21-18-15-12-9-6-3)74-68(71)62-59-56-53-50-47-44-41-38-35-32-29-26-23-20-17-14-11-8-5-2/h16-17,19-21,24-26,28-30,33,65H,4-15,18,22-23,27,31-32,34-64H2,1-3H3/b19-16-,20-17-,24-21-,28-25-,29-26-,33-30-. The van der Waals surface area contributed by atoms with Crippen molar-refractivity contribution < 1.29 is 28.6 Å². The van der Waals surface area contributed by atoms with Crippen LogP contribution in [0.3, 0.4) is 0 Å². The monoisotopic (exact) mass is 1030 g/mol. The summed E-state index contributed by atoms with van der Waals surface area (Å²) in [6.45, 7) is 6.60. The molecule has 1 atom stereocenters. The molecule has 6 heteroatoms. The lowest BCUT2D eigenvalue weighted by Crippen LogP contribution is -2.30. The van der Waals surface area contributed by atoms with Crippen molar-refractivity contribution in [2.45, 2.75) is 329 Å². The molecule has 0 rings (SSSR count). The number of rotatable bonds is 58. The number of esters is 3. The summed E-state index contributed by atoms with van der Waals surface area (Å²) in [5.41, 5.74) is 0. The fraction of sp³-hybridized carbons (Fsp3) is 0.779. The number of unbranched alkanes of at least 4 members (excludes halogenated alkanes) is 35. The summed E-state index contributed by atoms with van der Waals surface area (Å²) in [6, 6.07) is 0. The van der Waals surface area contributed by atoms with E-state index in [-0.39, 0.29) is 31.1 Å². The van der Waals surface area contributed by atoms with Crippen molar-refractivity contribution in [2.75, 3.05) is 13.2 Å². The van der Waals surface area contributed by atoms with Gasteiger partial charge in [-0.15, -0.1) is 0 Å². The molecule has 0 spiro atoms. The zero-order valence-electron chi connectivity index (χ0n) is 49.1. The van der Waals surface area contributed by atoms with Crippen LogP contribution in [0, 0.1) is 0 Å². The van der Waals surface area contributed by atoms with Gasteiger partial charge in [-0.2, -0.15) is 0 Å². The van der Waals surface area contributed by atoms with Crippen LogP contribution in [-0.2, 0) is 28.6 Å². The summed E-state index contributed by atoms with van der Waals surface area (Å²) in [7, 11) is 0. The Morgan fingerprint density at radius 2 is 0.486 bits per heavy atom. The molecule has 0 bridgehead atoms. The zero-order valence-corrected chi connectivity index (χ0v) is 49.1. The van der Waals surface area contributed by atoms with Crippen LogP contribution in [-0.4, -0.2) is 37.2 Å². The van der Waals surface area contributed by atoms with E-state index in [1.54, 1.807) is 0 Å². The third kappa shape index (κ3) is 59.7. The van der Waals surface area contributed by atoms with Crippen molar-refractivity contribution in [3.05, 3.63) is 72.9 Å². The minimum absolute atomic E-state index is 0.0807. The van der Waals surface area contributed by atoms with E-state index in [0.29, 0.717) is 19.3 Å². The second kappa shape index (κ2) is 62.4. The molecule has 0 amide bonds. The minimum atomic E-state index is -0.784. The molecule has 0 saturated carbocycles. The van der Waals surface area contributed by atoms with Gasteiger partial charge in [-0.25, -0.2) is 0 Å². The first-order valence-corrected chi connectivity index (χ1v) is 31.9. The van der Waals surface area contributed by atoms with Crippen molar-refractivity contribution in [3.8, 4) is 0 Å². The molecule has 428 valence electrons. The predicted molar refractivity (Wildman–Crippen MR) is 321 cm³/mol. The largest absolute Gasteiger partial charge is 0.462 e. The molecule has 0 radical (unpaired) electrons. The second-order valence-corrected chi connectivity index (χ2v) is 21.3.